The smallest absolute Gasteiger partial charge is 0.166 e. The number of carbonyl (C=O) groups is 1. The van der Waals surface area contributed by atoms with Crippen molar-refractivity contribution in [3.8, 4) is 5.75 Å². The molecule has 0 heterocycles. The van der Waals surface area contributed by atoms with Crippen molar-refractivity contribution in [2.75, 3.05) is 6.61 Å². The molecule has 3 heteroatoms. The van der Waals surface area contributed by atoms with Crippen molar-refractivity contribution >= 4 is 5.78 Å². The summed E-state index contributed by atoms with van der Waals surface area (Å²) in [4.78, 5) is 11.2. The van der Waals surface area contributed by atoms with Gasteiger partial charge in [0.05, 0.1) is 12.2 Å². The first-order chi connectivity index (χ1) is 6.57. The lowest BCUT2D eigenvalue weighted by Gasteiger charge is -2.11. The van der Waals surface area contributed by atoms with Crippen molar-refractivity contribution in [1.29, 1.82) is 0 Å². The number of hydrogen-bond donors (Lipinski definition) is 0. The SMILES string of the molecule is CCOc1c(C)ccc(F)c1C(C)=O. The molecule has 0 saturated carbocycles. The molecule has 0 aromatic heterocycles. The van der Waals surface area contributed by atoms with Gasteiger partial charge in [0, 0.05) is 0 Å². The minimum Gasteiger partial charge on any atom is -0.493 e. The number of hydrogen-bond acceptors (Lipinski definition) is 2. The number of ether oxygens (including phenoxy) is 1. The molecule has 0 saturated heterocycles. The molecule has 0 aliphatic carbocycles. The minimum atomic E-state index is -0.522. The second-order valence-electron chi connectivity index (χ2n) is 3.06. The maximum Gasteiger partial charge on any atom is 0.166 e. The van der Waals surface area contributed by atoms with Gasteiger partial charge in [0.1, 0.15) is 11.6 Å². The summed E-state index contributed by atoms with van der Waals surface area (Å²) in [7, 11) is 0. The molecular formula is C11H13FO2. The molecule has 2 nitrogen and oxygen atoms in total. The molecule has 0 bridgehead atoms. The average molecular weight is 196 g/mol. The number of rotatable bonds is 3. The Kier molecular flexibility index (Phi) is 3.23. The van der Waals surface area contributed by atoms with E-state index in [-0.39, 0.29) is 11.3 Å². The first-order valence-corrected chi connectivity index (χ1v) is 4.50. The van der Waals surface area contributed by atoms with Gasteiger partial charge in [0.25, 0.3) is 0 Å². The van der Waals surface area contributed by atoms with Crippen LogP contribution in [-0.2, 0) is 0 Å². The van der Waals surface area contributed by atoms with Crippen LogP contribution in [0.5, 0.6) is 5.75 Å². The van der Waals surface area contributed by atoms with Crippen LogP contribution in [0.4, 0.5) is 4.39 Å². The van der Waals surface area contributed by atoms with Crippen LogP contribution < -0.4 is 4.74 Å². The third-order valence-corrected chi connectivity index (χ3v) is 1.94. The quantitative estimate of drug-likeness (QED) is 0.695. The number of benzene rings is 1. The monoisotopic (exact) mass is 196 g/mol. The van der Waals surface area contributed by atoms with E-state index in [1.54, 1.807) is 19.9 Å². The largest absolute Gasteiger partial charge is 0.493 e. The summed E-state index contributed by atoms with van der Waals surface area (Å²) in [5.41, 5.74) is 0.824. The molecule has 76 valence electrons. The summed E-state index contributed by atoms with van der Waals surface area (Å²) in [5.74, 6) is -0.471. The Balaban J connectivity index is 3.33. The Hall–Kier alpha value is -1.38. The second-order valence-corrected chi connectivity index (χ2v) is 3.06. The van der Waals surface area contributed by atoms with Gasteiger partial charge in [0.15, 0.2) is 5.78 Å². The van der Waals surface area contributed by atoms with Crippen LogP contribution in [0.2, 0.25) is 0 Å². The van der Waals surface area contributed by atoms with Crippen molar-refractivity contribution in [3.05, 3.63) is 29.1 Å². The first kappa shape index (κ1) is 10.7. The summed E-state index contributed by atoms with van der Waals surface area (Å²) in [6.45, 7) is 5.34. The van der Waals surface area contributed by atoms with Gasteiger partial charge >= 0.3 is 0 Å². The Bertz CT molecular complexity index is 359. The molecular weight excluding hydrogens is 183 g/mol. The number of halogens is 1. The number of ketones is 1. The van der Waals surface area contributed by atoms with Gasteiger partial charge in [-0.15, -0.1) is 0 Å². The zero-order valence-electron chi connectivity index (χ0n) is 8.56. The van der Waals surface area contributed by atoms with Gasteiger partial charge in [-0.2, -0.15) is 0 Å². The Morgan fingerprint density at radius 1 is 1.50 bits per heavy atom. The molecule has 1 rings (SSSR count). The zero-order chi connectivity index (χ0) is 10.7. The van der Waals surface area contributed by atoms with Gasteiger partial charge in [-0.05, 0) is 32.4 Å². The second kappa shape index (κ2) is 4.22. The highest BCUT2D eigenvalue weighted by atomic mass is 19.1. The Morgan fingerprint density at radius 3 is 2.64 bits per heavy atom. The van der Waals surface area contributed by atoms with Crippen LogP contribution in [0.1, 0.15) is 29.8 Å². The molecule has 1 aromatic carbocycles. The molecule has 0 N–H and O–H groups in total. The molecule has 0 radical (unpaired) electrons. The first-order valence-electron chi connectivity index (χ1n) is 4.50. The van der Waals surface area contributed by atoms with E-state index in [0.29, 0.717) is 12.4 Å². The van der Waals surface area contributed by atoms with Gasteiger partial charge in [-0.1, -0.05) is 6.07 Å². The highest BCUT2D eigenvalue weighted by Crippen LogP contribution is 2.26. The Morgan fingerprint density at radius 2 is 2.14 bits per heavy atom. The predicted molar refractivity (Wildman–Crippen MR) is 52.3 cm³/mol. The van der Waals surface area contributed by atoms with Gasteiger partial charge < -0.3 is 4.74 Å². The van der Waals surface area contributed by atoms with Crippen molar-refractivity contribution < 1.29 is 13.9 Å². The third kappa shape index (κ3) is 1.92. The number of carbonyl (C=O) groups excluding carboxylic acids is 1. The van der Waals surface area contributed by atoms with E-state index in [4.69, 9.17) is 4.74 Å². The maximum absolute atomic E-state index is 13.3. The maximum atomic E-state index is 13.3. The van der Waals surface area contributed by atoms with E-state index < -0.39 is 5.82 Å². The van der Waals surface area contributed by atoms with Crippen LogP contribution in [0.25, 0.3) is 0 Å². The summed E-state index contributed by atoms with van der Waals surface area (Å²) in [6.07, 6.45) is 0. The highest BCUT2D eigenvalue weighted by molar-refractivity contribution is 5.97. The van der Waals surface area contributed by atoms with Crippen molar-refractivity contribution in [3.63, 3.8) is 0 Å². The summed E-state index contributed by atoms with van der Waals surface area (Å²) in [6, 6.07) is 2.89. The van der Waals surface area contributed by atoms with Crippen molar-refractivity contribution in [2.45, 2.75) is 20.8 Å². The fourth-order valence-electron chi connectivity index (χ4n) is 1.32. The highest BCUT2D eigenvalue weighted by Gasteiger charge is 2.16. The van der Waals surface area contributed by atoms with Crippen LogP contribution in [-0.4, -0.2) is 12.4 Å². The zero-order valence-corrected chi connectivity index (χ0v) is 8.56. The van der Waals surface area contributed by atoms with Crippen molar-refractivity contribution in [2.24, 2.45) is 0 Å². The van der Waals surface area contributed by atoms with Crippen LogP contribution in [0.3, 0.4) is 0 Å². The van der Waals surface area contributed by atoms with Crippen LogP contribution >= 0.6 is 0 Å². The number of Topliss-reactive ketones (excluding diaryl/α,β-unsaturated/α-hetero) is 1. The van der Waals surface area contributed by atoms with E-state index in [2.05, 4.69) is 0 Å². The van der Waals surface area contributed by atoms with E-state index >= 15 is 0 Å². The predicted octanol–water partition coefficient (Wildman–Crippen LogP) is 2.74. The fourth-order valence-corrected chi connectivity index (χ4v) is 1.32. The van der Waals surface area contributed by atoms with E-state index in [1.165, 1.54) is 13.0 Å². The third-order valence-electron chi connectivity index (χ3n) is 1.94. The summed E-state index contributed by atoms with van der Waals surface area (Å²) >= 11 is 0. The molecule has 0 aliphatic rings. The lowest BCUT2D eigenvalue weighted by Crippen LogP contribution is -2.05. The van der Waals surface area contributed by atoms with E-state index in [9.17, 15) is 9.18 Å². The molecule has 0 unspecified atom stereocenters. The van der Waals surface area contributed by atoms with Gasteiger partial charge in [-0.3, -0.25) is 4.79 Å². The minimum absolute atomic E-state index is 0.0480. The molecule has 0 spiro atoms. The summed E-state index contributed by atoms with van der Waals surface area (Å²) in [5, 5.41) is 0. The van der Waals surface area contributed by atoms with Crippen LogP contribution in [0, 0.1) is 12.7 Å². The van der Waals surface area contributed by atoms with Gasteiger partial charge in [0.2, 0.25) is 0 Å². The molecule has 14 heavy (non-hydrogen) atoms. The normalized spacial score (nSPS) is 10.0. The topological polar surface area (TPSA) is 26.3 Å². The molecule has 1 aromatic rings. The standard InChI is InChI=1S/C11H13FO2/c1-4-14-11-7(2)5-6-9(12)10(11)8(3)13/h5-6H,4H2,1-3H3. The van der Waals surface area contributed by atoms with Crippen molar-refractivity contribution in [1.82, 2.24) is 0 Å². The van der Waals surface area contributed by atoms with E-state index in [0.717, 1.165) is 5.56 Å². The lowest BCUT2D eigenvalue weighted by molar-refractivity contribution is 0.101. The number of aryl methyl sites for hydroxylation is 1. The van der Waals surface area contributed by atoms with Crippen LogP contribution in [0.15, 0.2) is 12.1 Å². The average Bonchev–Trinajstić information content (AvgIpc) is 2.11. The molecule has 0 amide bonds. The molecule has 0 fully saturated rings. The summed E-state index contributed by atoms with van der Waals surface area (Å²) < 4.78 is 18.6. The molecule has 0 atom stereocenters. The Labute approximate surface area is 82.7 Å². The lowest BCUT2D eigenvalue weighted by atomic mass is 10.1. The molecule has 0 aliphatic heterocycles. The van der Waals surface area contributed by atoms with Gasteiger partial charge in [-0.25, -0.2) is 4.39 Å². The fraction of sp³-hybridized carbons (Fsp3) is 0.364. The van der Waals surface area contributed by atoms with E-state index in [1.807, 2.05) is 0 Å².